The van der Waals surface area contributed by atoms with Crippen LogP contribution in [-0.4, -0.2) is 33.8 Å². The number of hydrogen-bond acceptors (Lipinski definition) is 4. The molecule has 114 valence electrons. The number of benzene rings is 1. The molecule has 0 amide bonds. The lowest BCUT2D eigenvalue weighted by molar-refractivity contribution is -0.147. The lowest BCUT2D eigenvalue weighted by Crippen LogP contribution is -2.48. The minimum atomic E-state index is -3.44. The van der Waals surface area contributed by atoms with E-state index in [0.29, 0.717) is 12.1 Å². The van der Waals surface area contributed by atoms with Crippen LogP contribution in [0.5, 0.6) is 0 Å². The molecule has 1 heterocycles. The van der Waals surface area contributed by atoms with Crippen LogP contribution in [0.1, 0.15) is 30.7 Å². The first-order valence-electron chi connectivity index (χ1n) is 7.11. The number of ether oxygens (including phenoxy) is 1. The van der Waals surface area contributed by atoms with Crippen LogP contribution >= 0.6 is 0 Å². The Bertz CT molecular complexity index is 670. The highest BCUT2D eigenvalue weighted by Gasteiger charge is 2.50. The summed E-state index contributed by atoms with van der Waals surface area (Å²) in [5.41, 5.74) is 1.74. The number of carbonyl (C=O) groups is 1. The van der Waals surface area contributed by atoms with Crippen LogP contribution in [0.3, 0.4) is 0 Å². The Labute approximate surface area is 124 Å². The van der Waals surface area contributed by atoms with Gasteiger partial charge in [0.05, 0.1) is 31.0 Å². The first-order valence-corrected chi connectivity index (χ1v) is 8.96. The van der Waals surface area contributed by atoms with Gasteiger partial charge in [-0.1, -0.05) is 24.6 Å². The Kier molecular flexibility index (Phi) is 3.43. The summed E-state index contributed by atoms with van der Waals surface area (Å²) in [7, 11) is -2.08. The lowest BCUT2D eigenvalue weighted by Gasteiger charge is -2.37. The average Bonchev–Trinajstić information content (AvgIpc) is 2.80. The Balaban J connectivity index is 2.14. The van der Waals surface area contributed by atoms with Gasteiger partial charge in [-0.25, -0.2) is 8.42 Å². The van der Waals surface area contributed by atoms with Crippen molar-refractivity contribution in [3.63, 3.8) is 0 Å². The summed E-state index contributed by atoms with van der Waals surface area (Å²) in [6.07, 6.45) is 3.69. The molecule has 0 unspecified atom stereocenters. The van der Waals surface area contributed by atoms with Gasteiger partial charge < -0.3 is 4.74 Å². The molecule has 1 aliphatic heterocycles. The molecule has 6 heteroatoms. The second-order valence-electron chi connectivity index (χ2n) is 5.78. The van der Waals surface area contributed by atoms with Gasteiger partial charge >= 0.3 is 5.97 Å². The van der Waals surface area contributed by atoms with Crippen molar-refractivity contribution in [1.29, 1.82) is 0 Å². The van der Waals surface area contributed by atoms with Crippen molar-refractivity contribution in [2.45, 2.75) is 31.2 Å². The summed E-state index contributed by atoms with van der Waals surface area (Å²) in [6.45, 7) is 0. The first-order chi connectivity index (χ1) is 9.95. The third-order valence-corrected chi connectivity index (χ3v) is 5.72. The SMILES string of the molecule is COC(=O)[C@@H]1CCC[C@H]2c3ccccc3N(S(C)(=O)=O)[C@@H]12. The molecule has 0 N–H and O–H groups in total. The van der Waals surface area contributed by atoms with Gasteiger partial charge in [0.15, 0.2) is 0 Å². The monoisotopic (exact) mass is 309 g/mol. The quantitative estimate of drug-likeness (QED) is 0.783. The molecular weight excluding hydrogens is 290 g/mol. The van der Waals surface area contributed by atoms with Gasteiger partial charge in [0.25, 0.3) is 0 Å². The van der Waals surface area contributed by atoms with Gasteiger partial charge in [-0.05, 0) is 24.5 Å². The van der Waals surface area contributed by atoms with E-state index in [1.807, 2.05) is 24.3 Å². The topological polar surface area (TPSA) is 63.7 Å². The van der Waals surface area contributed by atoms with Crippen molar-refractivity contribution in [1.82, 2.24) is 0 Å². The molecule has 3 rings (SSSR count). The highest BCUT2D eigenvalue weighted by Crippen LogP contribution is 2.50. The maximum absolute atomic E-state index is 12.3. The number of carbonyl (C=O) groups excluding carboxylic acids is 1. The van der Waals surface area contributed by atoms with E-state index in [4.69, 9.17) is 4.74 Å². The zero-order valence-corrected chi connectivity index (χ0v) is 13.0. The van der Waals surface area contributed by atoms with Gasteiger partial charge in [0.2, 0.25) is 10.0 Å². The van der Waals surface area contributed by atoms with Crippen LogP contribution in [0.15, 0.2) is 24.3 Å². The van der Waals surface area contributed by atoms with Gasteiger partial charge in [-0.3, -0.25) is 9.10 Å². The Morgan fingerprint density at radius 2 is 2.00 bits per heavy atom. The number of nitrogens with zero attached hydrogens (tertiary/aromatic N) is 1. The predicted octanol–water partition coefficient (Wildman–Crippen LogP) is 1.89. The molecule has 3 atom stereocenters. The number of para-hydroxylation sites is 1. The van der Waals surface area contributed by atoms with Gasteiger partial charge in [-0.2, -0.15) is 0 Å². The highest BCUT2D eigenvalue weighted by atomic mass is 32.2. The smallest absolute Gasteiger partial charge is 0.310 e. The normalized spacial score (nSPS) is 27.9. The molecule has 2 aliphatic rings. The second kappa shape index (κ2) is 5.02. The fraction of sp³-hybridized carbons (Fsp3) is 0.533. The molecule has 0 aromatic heterocycles. The lowest BCUT2D eigenvalue weighted by atomic mass is 9.76. The van der Waals surface area contributed by atoms with E-state index in [-0.39, 0.29) is 17.9 Å². The van der Waals surface area contributed by atoms with Crippen LogP contribution in [0.2, 0.25) is 0 Å². The zero-order valence-electron chi connectivity index (χ0n) is 12.2. The standard InChI is InChI=1S/C15H19NO4S/c1-20-15(17)12-8-5-7-11-10-6-3-4-9-13(10)16(14(11)12)21(2,18)19/h3-4,6,9,11-12,14H,5,7-8H2,1-2H3/t11-,12+,14+/m0/s1. The van der Waals surface area contributed by atoms with E-state index in [1.54, 1.807) is 0 Å². The number of esters is 1. The minimum Gasteiger partial charge on any atom is -0.469 e. The number of sulfonamides is 1. The Morgan fingerprint density at radius 1 is 1.29 bits per heavy atom. The molecule has 1 fully saturated rings. The summed E-state index contributed by atoms with van der Waals surface area (Å²) >= 11 is 0. The summed E-state index contributed by atoms with van der Waals surface area (Å²) in [6, 6.07) is 7.20. The zero-order chi connectivity index (χ0) is 15.2. The fourth-order valence-corrected chi connectivity index (χ4v) is 5.08. The number of anilines is 1. The molecule has 1 saturated carbocycles. The van der Waals surface area contributed by atoms with E-state index in [0.717, 1.165) is 18.4 Å². The van der Waals surface area contributed by atoms with Crippen molar-refractivity contribution in [3.05, 3.63) is 29.8 Å². The van der Waals surface area contributed by atoms with Crippen molar-refractivity contribution in [2.24, 2.45) is 5.92 Å². The molecule has 5 nitrogen and oxygen atoms in total. The summed E-state index contributed by atoms with van der Waals surface area (Å²) in [5, 5.41) is 0. The largest absolute Gasteiger partial charge is 0.469 e. The highest BCUT2D eigenvalue weighted by molar-refractivity contribution is 7.92. The average molecular weight is 309 g/mol. The van der Waals surface area contributed by atoms with Gasteiger partial charge in [-0.15, -0.1) is 0 Å². The molecule has 0 spiro atoms. The summed E-state index contributed by atoms with van der Waals surface area (Å²) < 4.78 is 30.9. The van der Waals surface area contributed by atoms with E-state index in [9.17, 15) is 13.2 Å². The van der Waals surface area contributed by atoms with E-state index >= 15 is 0 Å². The van der Waals surface area contributed by atoms with Crippen LogP contribution in [0.25, 0.3) is 0 Å². The second-order valence-corrected chi connectivity index (χ2v) is 7.63. The molecular formula is C15H19NO4S. The maximum atomic E-state index is 12.3. The van der Waals surface area contributed by atoms with E-state index in [1.165, 1.54) is 17.7 Å². The van der Waals surface area contributed by atoms with E-state index < -0.39 is 15.9 Å². The molecule has 21 heavy (non-hydrogen) atoms. The molecule has 1 aliphatic carbocycles. The molecule has 1 aromatic rings. The van der Waals surface area contributed by atoms with Crippen molar-refractivity contribution >= 4 is 21.7 Å². The van der Waals surface area contributed by atoms with Crippen molar-refractivity contribution in [2.75, 3.05) is 17.7 Å². The van der Waals surface area contributed by atoms with Gasteiger partial charge in [0, 0.05) is 5.92 Å². The molecule has 0 radical (unpaired) electrons. The Morgan fingerprint density at radius 3 is 2.67 bits per heavy atom. The maximum Gasteiger partial charge on any atom is 0.310 e. The third kappa shape index (κ3) is 2.21. The van der Waals surface area contributed by atoms with Crippen LogP contribution < -0.4 is 4.31 Å². The number of rotatable bonds is 2. The molecule has 0 saturated heterocycles. The number of methoxy groups -OCH3 is 1. The fourth-order valence-electron chi connectivity index (χ4n) is 3.82. The first kappa shape index (κ1) is 14.4. The Hall–Kier alpha value is -1.56. The summed E-state index contributed by atoms with van der Waals surface area (Å²) in [5.74, 6) is -0.629. The van der Waals surface area contributed by atoms with Crippen LogP contribution in [0, 0.1) is 5.92 Å². The molecule has 1 aromatic carbocycles. The third-order valence-electron chi connectivity index (χ3n) is 4.56. The van der Waals surface area contributed by atoms with Crippen molar-refractivity contribution < 1.29 is 17.9 Å². The molecule has 0 bridgehead atoms. The van der Waals surface area contributed by atoms with Crippen molar-refractivity contribution in [3.8, 4) is 0 Å². The van der Waals surface area contributed by atoms with E-state index in [2.05, 4.69) is 0 Å². The van der Waals surface area contributed by atoms with Crippen LogP contribution in [0.4, 0.5) is 5.69 Å². The van der Waals surface area contributed by atoms with Gasteiger partial charge in [0.1, 0.15) is 0 Å². The minimum absolute atomic E-state index is 0.0776. The predicted molar refractivity (Wildman–Crippen MR) is 79.7 cm³/mol. The van der Waals surface area contributed by atoms with Crippen LogP contribution in [-0.2, 0) is 19.6 Å². The summed E-state index contributed by atoms with van der Waals surface area (Å²) in [4.78, 5) is 12.1. The number of hydrogen-bond donors (Lipinski definition) is 0. The number of fused-ring (bicyclic) bond motifs is 3.